The predicted molar refractivity (Wildman–Crippen MR) is 133 cm³/mol. The molecule has 2 nitrogen and oxygen atoms in total. The Bertz CT molecular complexity index is 353. The van der Waals surface area contributed by atoms with E-state index in [4.69, 9.17) is 0 Å². The van der Waals surface area contributed by atoms with Gasteiger partial charge >= 0.3 is 5.97 Å². The molecule has 0 aliphatic heterocycles. The minimum Gasteiger partial charge on any atom is -0.481 e. The third-order valence-corrected chi connectivity index (χ3v) is 6.84. The zero-order chi connectivity index (χ0) is 22.3. The van der Waals surface area contributed by atoms with Crippen LogP contribution in [0, 0.1) is 11.8 Å². The van der Waals surface area contributed by atoms with E-state index < -0.39 is 5.97 Å². The van der Waals surface area contributed by atoms with Crippen molar-refractivity contribution in [3.63, 3.8) is 0 Å². The van der Waals surface area contributed by atoms with E-state index in [0.29, 0.717) is 5.92 Å². The Morgan fingerprint density at radius 2 is 0.867 bits per heavy atom. The molecule has 0 aromatic carbocycles. The smallest absolute Gasteiger partial charge is 0.306 e. The normalized spacial score (nSPS) is 13.4. The highest BCUT2D eigenvalue weighted by molar-refractivity contribution is 5.70. The summed E-state index contributed by atoms with van der Waals surface area (Å²) in [5.41, 5.74) is 0. The number of unbranched alkanes of at least 4 members (excludes halogenated alkanes) is 16. The van der Waals surface area contributed by atoms with Gasteiger partial charge in [-0.15, -0.1) is 0 Å². The average molecular weight is 425 g/mol. The van der Waals surface area contributed by atoms with Crippen LogP contribution in [0.1, 0.15) is 162 Å². The van der Waals surface area contributed by atoms with Gasteiger partial charge in [-0.1, -0.05) is 143 Å². The Balaban J connectivity index is 3.89. The van der Waals surface area contributed by atoms with Crippen LogP contribution in [0.5, 0.6) is 0 Å². The molecule has 0 saturated heterocycles. The lowest BCUT2D eigenvalue weighted by Crippen LogP contribution is -2.24. The minimum atomic E-state index is -0.541. The summed E-state index contributed by atoms with van der Waals surface area (Å²) >= 11 is 0. The number of carboxylic acid groups (broad SMARTS) is 1. The van der Waals surface area contributed by atoms with Crippen LogP contribution in [0.2, 0.25) is 0 Å². The number of carbonyl (C=O) groups is 1. The molecule has 1 N–H and O–H groups in total. The summed E-state index contributed by atoms with van der Waals surface area (Å²) in [5.74, 6) is -0.254. The second-order valence-electron chi connectivity index (χ2n) is 9.73. The molecular formula is C28H56O2. The lowest BCUT2D eigenvalue weighted by Gasteiger charge is -2.24. The summed E-state index contributed by atoms with van der Waals surface area (Å²) in [4.78, 5) is 11.9. The zero-order valence-electron chi connectivity index (χ0n) is 21.1. The van der Waals surface area contributed by atoms with Gasteiger partial charge in [-0.3, -0.25) is 4.79 Å². The van der Waals surface area contributed by atoms with Crippen molar-refractivity contribution in [1.29, 1.82) is 0 Å². The van der Waals surface area contributed by atoms with Crippen molar-refractivity contribution in [3.05, 3.63) is 0 Å². The van der Waals surface area contributed by atoms with E-state index >= 15 is 0 Å². The first-order valence-electron chi connectivity index (χ1n) is 13.9. The van der Waals surface area contributed by atoms with Gasteiger partial charge in [-0.25, -0.2) is 0 Å². The summed E-state index contributed by atoms with van der Waals surface area (Å²) in [6, 6.07) is 0. The molecule has 0 fully saturated rings. The number of rotatable bonds is 24. The van der Waals surface area contributed by atoms with Crippen LogP contribution < -0.4 is 0 Å². The standard InChI is InChI=1S/C28H56O2/c1-4-7-9-11-13-14-15-16-17-18-19-21-24-26(23-6-3)27(28(29)30)25-22-20-12-10-8-5-2/h26-27H,4-25H2,1-3H3,(H,29,30). The van der Waals surface area contributed by atoms with Gasteiger partial charge in [-0.05, 0) is 25.2 Å². The molecule has 30 heavy (non-hydrogen) atoms. The van der Waals surface area contributed by atoms with E-state index in [-0.39, 0.29) is 5.92 Å². The number of hydrogen-bond acceptors (Lipinski definition) is 1. The van der Waals surface area contributed by atoms with Crippen LogP contribution >= 0.6 is 0 Å². The maximum absolute atomic E-state index is 11.9. The van der Waals surface area contributed by atoms with E-state index in [9.17, 15) is 9.90 Å². The zero-order valence-corrected chi connectivity index (χ0v) is 21.1. The number of aliphatic carboxylic acids is 1. The highest BCUT2D eigenvalue weighted by atomic mass is 16.4. The number of hydrogen-bond donors (Lipinski definition) is 1. The van der Waals surface area contributed by atoms with Crippen molar-refractivity contribution in [3.8, 4) is 0 Å². The van der Waals surface area contributed by atoms with Gasteiger partial charge in [0.15, 0.2) is 0 Å². The van der Waals surface area contributed by atoms with Gasteiger partial charge in [0.2, 0.25) is 0 Å². The lowest BCUT2D eigenvalue weighted by atomic mass is 9.81. The molecule has 0 bridgehead atoms. The van der Waals surface area contributed by atoms with Gasteiger partial charge < -0.3 is 5.11 Å². The van der Waals surface area contributed by atoms with Crippen molar-refractivity contribution < 1.29 is 9.90 Å². The molecule has 0 saturated carbocycles. The molecule has 2 heteroatoms. The molecule has 0 rings (SSSR count). The molecule has 0 amide bonds. The first-order valence-corrected chi connectivity index (χ1v) is 13.9. The van der Waals surface area contributed by atoms with E-state index in [1.165, 1.54) is 109 Å². The third kappa shape index (κ3) is 18.3. The van der Waals surface area contributed by atoms with Crippen molar-refractivity contribution in [2.24, 2.45) is 11.8 Å². The molecule has 2 atom stereocenters. The van der Waals surface area contributed by atoms with E-state index in [1.54, 1.807) is 0 Å². The molecule has 0 aliphatic rings. The number of carboxylic acids is 1. The van der Waals surface area contributed by atoms with Gasteiger partial charge in [0.1, 0.15) is 0 Å². The van der Waals surface area contributed by atoms with Crippen LogP contribution in [0.25, 0.3) is 0 Å². The fraction of sp³-hybridized carbons (Fsp3) is 0.964. The van der Waals surface area contributed by atoms with Crippen LogP contribution in [0.3, 0.4) is 0 Å². The second kappa shape index (κ2) is 23.1. The van der Waals surface area contributed by atoms with Crippen molar-refractivity contribution >= 4 is 5.97 Å². The summed E-state index contributed by atoms with van der Waals surface area (Å²) in [6.45, 7) is 6.73. The maximum atomic E-state index is 11.9. The van der Waals surface area contributed by atoms with Crippen molar-refractivity contribution in [1.82, 2.24) is 0 Å². The predicted octanol–water partition coefficient (Wildman–Crippen LogP) is 9.95. The Morgan fingerprint density at radius 1 is 0.500 bits per heavy atom. The largest absolute Gasteiger partial charge is 0.481 e. The molecule has 0 aliphatic carbocycles. The highest BCUT2D eigenvalue weighted by Gasteiger charge is 2.26. The van der Waals surface area contributed by atoms with E-state index in [0.717, 1.165) is 32.1 Å². The summed E-state index contributed by atoms with van der Waals surface area (Å²) in [7, 11) is 0. The summed E-state index contributed by atoms with van der Waals surface area (Å²) < 4.78 is 0. The Kier molecular flexibility index (Phi) is 22.7. The Morgan fingerprint density at radius 3 is 1.23 bits per heavy atom. The quantitative estimate of drug-likeness (QED) is 0.156. The van der Waals surface area contributed by atoms with Gasteiger partial charge in [0.05, 0.1) is 5.92 Å². The highest BCUT2D eigenvalue weighted by Crippen LogP contribution is 2.29. The van der Waals surface area contributed by atoms with Crippen molar-refractivity contribution in [2.45, 2.75) is 162 Å². The molecule has 2 unspecified atom stereocenters. The monoisotopic (exact) mass is 424 g/mol. The van der Waals surface area contributed by atoms with Crippen LogP contribution in [0.4, 0.5) is 0 Å². The van der Waals surface area contributed by atoms with E-state index in [1.807, 2.05) is 0 Å². The maximum Gasteiger partial charge on any atom is 0.306 e. The first-order chi connectivity index (χ1) is 14.7. The first kappa shape index (κ1) is 29.5. The molecule has 0 spiro atoms. The fourth-order valence-corrected chi connectivity index (χ4v) is 4.87. The van der Waals surface area contributed by atoms with Crippen molar-refractivity contribution in [2.75, 3.05) is 0 Å². The van der Waals surface area contributed by atoms with Gasteiger partial charge in [0, 0.05) is 0 Å². The molecule has 0 heterocycles. The average Bonchev–Trinajstić information content (AvgIpc) is 2.73. The summed E-state index contributed by atoms with van der Waals surface area (Å²) in [6.07, 6.45) is 28.2. The minimum absolute atomic E-state index is 0.108. The molecule has 0 radical (unpaired) electrons. The molecular weight excluding hydrogens is 368 g/mol. The third-order valence-electron chi connectivity index (χ3n) is 6.84. The van der Waals surface area contributed by atoms with Crippen LogP contribution in [0.15, 0.2) is 0 Å². The Hall–Kier alpha value is -0.530. The SMILES string of the molecule is CCCCCCCCCCCCCCC(CCC)C(CCCCCCCC)C(=O)O. The second-order valence-corrected chi connectivity index (χ2v) is 9.73. The molecule has 0 aromatic rings. The van der Waals surface area contributed by atoms with E-state index in [2.05, 4.69) is 20.8 Å². The van der Waals surface area contributed by atoms with Crippen LogP contribution in [-0.2, 0) is 4.79 Å². The summed E-state index contributed by atoms with van der Waals surface area (Å²) in [5, 5.41) is 9.80. The van der Waals surface area contributed by atoms with Gasteiger partial charge in [-0.2, -0.15) is 0 Å². The fourth-order valence-electron chi connectivity index (χ4n) is 4.87. The lowest BCUT2D eigenvalue weighted by molar-refractivity contribution is -0.144. The van der Waals surface area contributed by atoms with Gasteiger partial charge in [0.25, 0.3) is 0 Å². The van der Waals surface area contributed by atoms with Crippen LogP contribution in [-0.4, -0.2) is 11.1 Å². The molecule has 0 aromatic heterocycles. The topological polar surface area (TPSA) is 37.3 Å². The molecule has 180 valence electrons. The Labute approximate surface area is 190 Å².